The van der Waals surface area contributed by atoms with Gasteiger partial charge in [0.1, 0.15) is 0 Å². The number of benzene rings is 1. The molecule has 0 amide bonds. The molecule has 0 radical (unpaired) electrons. The second kappa shape index (κ2) is 6.78. The highest BCUT2D eigenvalue weighted by Crippen LogP contribution is 2.21. The first kappa shape index (κ1) is 16.1. The van der Waals surface area contributed by atoms with Gasteiger partial charge in [-0.05, 0) is 30.2 Å². The highest BCUT2D eigenvalue weighted by molar-refractivity contribution is 7.89. The van der Waals surface area contributed by atoms with Crippen LogP contribution < -0.4 is 0 Å². The van der Waals surface area contributed by atoms with Gasteiger partial charge in [-0.25, -0.2) is 8.42 Å². The van der Waals surface area contributed by atoms with Crippen LogP contribution in [0.15, 0.2) is 53.7 Å². The van der Waals surface area contributed by atoms with E-state index in [1.165, 1.54) is 0 Å². The molecule has 23 heavy (non-hydrogen) atoms. The molecule has 0 saturated carbocycles. The van der Waals surface area contributed by atoms with Crippen molar-refractivity contribution >= 4 is 10.0 Å². The lowest BCUT2D eigenvalue weighted by atomic mass is 10.2. The van der Waals surface area contributed by atoms with Crippen LogP contribution in [-0.2, 0) is 16.6 Å². The highest BCUT2D eigenvalue weighted by Gasteiger charge is 2.29. The standard InChI is InChI=1S/C17H21N3O2S/c1-15-5-2-3-7-17(15)23(21,22)20-11-9-19(10-12-20)14-16-6-4-8-18-13-16/h2-8,13H,9-12,14H2,1H3. The number of sulfonamides is 1. The maximum absolute atomic E-state index is 12.8. The van der Waals surface area contributed by atoms with Gasteiger partial charge in [-0.1, -0.05) is 24.3 Å². The van der Waals surface area contributed by atoms with E-state index in [1.807, 2.05) is 37.4 Å². The Morgan fingerprint density at radius 3 is 2.43 bits per heavy atom. The van der Waals surface area contributed by atoms with Crippen molar-refractivity contribution in [3.05, 3.63) is 59.9 Å². The fraction of sp³-hybridized carbons (Fsp3) is 0.353. The van der Waals surface area contributed by atoms with Crippen LogP contribution in [-0.4, -0.2) is 48.8 Å². The molecule has 0 N–H and O–H groups in total. The van der Waals surface area contributed by atoms with Gasteiger partial charge in [-0.2, -0.15) is 4.31 Å². The molecular weight excluding hydrogens is 310 g/mol. The molecule has 0 spiro atoms. The van der Waals surface area contributed by atoms with Gasteiger partial charge >= 0.3 is 0 Å². The van der Waals surface area contributed by atoms with E-state index in [1.54, 1.807) is 22.6 Å². The van der Waals surface area contributed by atoms with Gasteiger partial charge < -0.3 is 0 Å². The number of rotatable bonds is 4. The maximum Gasteiger partial charge on any atom is 0.243 e. The van der Waals surface area contributed by atoms with E-state index in [0.29, 0.717) is 18.0 Å². The van der Waals surface area contributed by atoms with E-state index in [9.17, 15) is 8.42 Å². The summed E-state index contributed by atoms with van der Waals surface area (Å²) in [6.07, 6.45) is 3.62. The minimum atomic E-state index is -3.39. The Kier molecular flexibility index (Phi) is 4.75. The molecule has 0 unspecified atom stereocenters. The monoisotopic (exact) mass is 331 g/mol. The minimum Gasteiger partial charge on any atom is -0.296 e. The summed E-state index contributed by atoms with van der Waals surface area (Å²) in [5.74, 6) is 0. The van der Waals surface area contributed by atoms with Crippen LogP contribution in [0.2, 0.25) is 0 Å². The van der Waals surface area contributed by atoms with Crippen molar-refractivity contribution in [1.29, 1.82) is 0 Å². The molecule has 1 aliphatic heterocycles. The number of piperazine rings is 1. The number of hydrogen-bond acceptors (Lipinski definition) is 4. The Bertz CT molecular complexity index is 754. The summed E-state index contributed by atoms with van der Waals surface area (Å²) in [4.78, 5) is 6.80. The van der Waals surface area contributed by atoms with E-state index < -0.39 is 10.0 Å². The van der Waals surface area contributed by atoms with E-state index in [2.05, 4.69) is 9.88 Å². The molecule has 0 bridgehead atoms. The summed E-state index contributed by atoms with van der Waals surface area (Å²) >= 11 is 0. The lowest BCUT2D eigenvalue weighted by Crippen LogP contribution is -2.48. The van der Waals surface area contributed by atoms with Crippen LogP contribution in [0.4, 0.5) is 0 Å². The third kappa shape index (κ3) is 3.60. The van der Waals surface area contributed by atoms with Crippen molar-refractivity contribution in [1.82, 2.24) is 14.2 Å². The zero-order chi connectivity index (χ0) is 16.3. The summed E-state index contributed by atoms with van der Waals surface area (Å²) in [5, 5.41) is 0. The summed E-state index contributed by atoms with van der Waals surface area (Å²) in [7, 11) is -3.39. The number of hydrogen-bond donors (Lipinski definition) is 0. The Hall–Kier alpha value is -1.76. The van der Waals surface area contributed by atoms with Crippen LogP contribution in [0.5, 0.6) is 0 Å². The second-order valence-electron chi connectivity index (χ2n) is 5.81. The molecule has 1 aliphatic rings. The van der Waals surface area contributed by atoms with Crippen molar-refractivity contribution < 1.29 is 8.42 Å². The first-order chi connectivity index (χ1) is 11.1. The zero-order valence-corrected chi connectivity index (χ0v) is 14.0. The van der Waals surface area contributed by atoms with Gasteiger partial charge in [-0.15, -0.1) is 0 Å². The molecule has 1 aromatic heterocycles. The summed E-state index contributed by atoms with van der Waals surface area (Å²) in [6, 6.07) is 11.1. The molecule has 0 atom stereocenters. The van der Waals surface area contributed by atoms with Gasteiger partial charge in [0.2, 0.25) is 10.0 Å². The third-order valence-electron chi connectivity index (χ3n) is 4.17. The lowest BCUT2D eigenvalue weighted by Gasteiger charge is -2.34. The topological polar surface area (TPSA) is 53.5 Å². The van der Waals surface area contributed by atoms with E-state index in [-0.39, 0.29) is 0 Å². The normalized spacial score (nSPS) is 17.3. The van der Waals surface area contributed by atoms with Gasteiger partial charge in [0.15, 0.2) is 0 Å². The molecule has 5 nitrogen and oxygen atoms in total. The summed E-state index contributed by atoms with van der Waals surface area (Å²) < 4.78 is 27.1. The Balaban J connectivity index is 1.66. The zero-order valence-electron chi connectivity index (χ0n) is 13.2. The van der Waals surface area contributed by atoms with Crippen LogP contribution in [0, 0.1) is 6.92 Å². The van der Waals surface area contributed by atoms with Crippen molar-refractivity contribution in [3.8, 4) is 0 Å². The Morgan fingerprint density at radius 2 is 1.78 bits per heavy atom. The van der Waals surface area contributed by atoms with Crippen molar-refractivity contribution in [2.45, 2.75) is 18.4 Å². The SMILES string of the molecule is Cc1ccccc1S(=O)(=O)N1CCN(Cc2cccnc2)CC1. The summed E-state index contributed by atoms with van der Waals surface area (Å²) in [5.41, 5.74) is 1.95. The average molecular weight is 331 g/mol. The Labute approximate surface area is 137 Å². The van der Waals surface area contributed by atoms with Gasteiger partial charge in [0.25, 0.3) is 0 Å². The van der Waals surface area contributed by atoms with Gasteiger partial charge in [-0.3, -0.25) is 9.88 Å². The van der Waals surface area contributed by atoms with Gasteiger partial charge in [0.05, 0.1) is 4.90 Å². The number of aromatic nitrogens is 1. The van der Waals surface area contributed by atoms with Crippen LogP contribution in [0.25, 0.3) is 0 Å². The van der Waals surface area contributed by atoms with E-state index in [4.69, 9.17) is 0 Å². The molecule has 122 valence electrons. The minimum absolute atomic E-state index is 0.417. The highest BCUT2D eigenvalue weighted by atomic mass is 32.2. The molecule has 2 heterocycles. The number of aryl methyl sites for hydroxylation is 1. The maximum atomic E-state index is 12.8. The molecule has 0 aliphatic carbocycles. The van der Waals surface area contributed by atoms with Gasteiger partial charge in [0, 0.05) is 45.1 Å². The fourth-order valence-electron chi connectivity index (χ4n) is 2.86. The van der Waals surface area contributed by atoms with E-state index in [0.717, 1.165) is 30.8 Å². The summed E-state index contributed by atoms with van der Waals surface area (Å²) in [6.45, 7) is 5.17. The molecular formula is C17H21N3O2S. The smallest absolute Gasteiger partial charge is 0.243 e. The van der Waals surface area contributed by atoms with Crippen molar-refractivity contribution in [2.24, 2.45) is 0 Å². The largest absolute Gasteiger partial charge is 0.296 e. The second-order valence-corrected chi connectivity index (χ2v) is 7.71. The first-order valence-electron chi connectivity index (χ1n) is 7.74. The number of nitrogens with zero attached hydrogens (tertiary/aromatic N) is 3. The lowest BCUT2D eigenvalue weighted by molar-refractivity contribution is 0.181. The van der Waals surface area contributed by atoms with E-state index >= 15 is 0 Å². The molecule has 6 heteroatoms. The average Bonchev–Trinajstić information content (AvgIpc) is 2.56. The van der Waals surface area contributed by atoms with Crippen LogP contribution >= 0.6 is 0 Å². The molecule has 2 aromatic rings. The molecule has 3 rings (SSSR count). The van der Waals surface area contributed by atoms with Crippen LogP contribution in [0.3, 0.4) is 0 Å². The molecule has 1 aromatic carbocycles. The Morgan fingerprint density at radius 1 is 1.04 bits per heavy atom. The third-order valence-corrected chi connectivity index (χ3v) is 6.23. The number of pyridine rings is 1. The predicted molar refractivity (Wildman–Crippen MR) is 89.5 cm³/mol. The molecule has 1 saturated heterocycles. The van der Waals surface area contributed by atoms with Crippen molar-refractivity contribution in [2.75, 3.05) is 26.2 Å². The molecule has 1 fully saturated rings. The predicted octanol–water partition coefficient (Wildman–Crippen LogP) is 1.90. The quantitative estimate of drug-likeness (QED) is 0.859. The van der Waals surface area contributed by atoms with Crippen LogP contribution in [0.1, 0.15) is 11.1 Å². The first-order valence-corrected chi connectivity index (χ1v) is 9.18. The fourth-order valence-corrected chi connectivity index (χ4v) is 4.51. The van der Waals surface area contributed by atoms with Crippen molar-refractivity contribution in [3.63, 3.8) is 0 Å².